The molecule has 0 radical (unpaired) electrons. The van der Waals surface area contributed by atoms with Gasteiger partial charge in [0.15, 0.2) is 17.2 Å². The zero-order valence-electron chi connectivity index (χ0n) is 16.3. The molecular weight excluding hydrogens is 374 g/mol. The third kappa shape index (κ3) is 4.89. The van der Waals surface area contributed by atoms with E-state index in [1.54, 1.807) is 36.7 Å². The minimum atomic E-state index is -0.411. The summed E-state index contributed by atoms with van der Waals surface area (Å²) in [5, 5.41) is 13.9. The minimum absolute atomic E-state index is 0.172. The van der Waals surface area contributed by atoms with Crippen molar-refractivity contribution in [1.29, 1.82) is 0 Å². The third-order valence-corrected chi connectivity index (χ3v) is 4.02. The van der Waals surface area contributed by atoms with E-state index in [0.29, 0.717) is 35.3 Å². The fourth-order valence-electron chi connectivity index (χ4n) is 2.59. The van der Waals surface area contributed by atoms with Gasteiger partial charge in [-0.3, -0.25) is 9.78 Å². The maximum Gasteiger partial charge on any atom is 0.276 e. The molecule has 0 unspecified atom stereocenters. The van der Waals surface area contributed by atoms with Crippen LogP contribution in [0.25, 0.3) is 0 Å². The smallest absolute Gasteiger partial charge is 0.276 e. The molecular formula is C20H21N5O4. The van der Waals surface area contributed by atoms with Crippen LogP contribution in [0, 0.1) is 0 Å². The number of carbonyl (C=O) groups excluding carboxylic acids is 1. The van der Waals surface area contributed by atoms with Crippen LogP contribution in [0.15, 0.2) is 48.8 Å². The van der Waals surface area contributed by atoms with Gasteiger partial charge in [-0.1, -0.05) is 6.07 Å². The Balaban J connectivity index is 1.68. The van der Waals surface area contributed by atoms with E-state index in [4.69, 9.17) is 14.2 Å². The van der Waals surface area contributed by atoms with Crippen LogP contribution in [0.4, 0.5) is 11.5 Å². The Morgan fingerprint density at radius 3 is 2.31 bits per heavy atom. The van der Waals surface area contributed by atoms with Crippen molar-refractivity contribution in [3.63, 3.8) is 0 Å². The number of nitrogens with one attached hydrogen (secondary N) is 2. The summed E-state index contributed by atoms with van der Waals surface area (Å²) in [6.07, 6.45) is 3.48. The summed E-state index contributed by atoms with van der Waals surface area (Å²) in [5.74, 6) is 1.45. The van der Waals surface area contributed by atoms with Crippen LogP contribution < -0.4 is 24.8 Å². The standard InChI is InChI=1S/C20H21N5O4/c1-27-16-9-14(10-17(28-2)19(16)29-3)23-20(26)15-6-7-18(25-24-15)22-12-13-5-4-8-21-11-13/h4-11H,12H2,1-3H3,(H,22,25)(H,23,26). The second-order valence-electron chi connectivity index (χ2n) is 5.89. The van der Waals surface area contributed by atoms with Gasteiger partial charge in [0.2, 0.25) is 5.75 Å². The van der Waals surface area contributed by atoms with Gasteiger partial charge in [-0.25, -0.2) is 0 Å². The molecule has 29 heavy (non-hydrogen) atoms. The zero-order valence-corrected chi connectivity index (χ0v) is 16.3. The lowest BCUT2D eigenvalue weighted by atomic mass is 10.2. The number of hydrogen-bond donors (Lipinski definition) is 2. The number of rotatable bonds is 8. The highest BCUT2D eigenvalue weighted by atomic mass is 16.5. The summed E-state index contributed by atoms with van der Waals surface area (Å²) in [5.41, 5.74) is 1.66. The van der Waals surface area contributed by atoms with E-state index in [0.717, 1.165) is 5.56 Å². The first-order valence-electron chi connectivity index (χ1n) is 8.72. The highest BCUT2D eigenvalue weighted by molar-refractivity contribution is 6.03. The number of ether oxygens (including phenoxy) is 3. The summed E-state index contributed by atoms with van der Waals surface area (Å²) in [6.45, 7) is 0.555. The maximum absolute atomic E-state index is 12.5. The quantitative estimate of drug-likeness (QED) is 0.600. The first-order valence-corrected chi connectivity index (χ1v) is 8.72. The van der Waals surface area contributed by atoms with Gasteiger partial charge in [0.05, 0.1) is 21.3 Å². The predicted octanol–water partition coefficient (Wildman–Crippen LogP) is 2.76. The number of methoxy groups -OCH3 is 3. The van der Waals surface area contributed by atoms with E-state index < -0.39 is 5.91 Å². The van der Waals surface area contributed by atoms with Crippen molar-refractivity contribution in [1.82, 2.24) is 15.2 Å². The monoisotopic (exact) mass is 395 g/mol. The lowest BCUT2D eigenvalue weighted by Gasteiger charge is -2.14. The molecule has 9 nitrogen and oxygen atoms in total. The molecule has 0 saturated heterocycles. The number of amides is 1. The van der Waals surface area contributed by atoms with Crippen molar-refractivity contribution in [3.8, 4) is 17.2 Å². The first-order chi connectivity index (χ1) is 14.1. The Kier molecular flexibility index (Phi) is 6.41. The summed E-state index contributed by atoms with van der Waals surface area (Å²) >= 11 is 0. The average molecular weight is 395 g/mol. The van der Waals surface area contributed by atoms with E-state index in [9.17, 15) is 4.79 Å². The Bertz CT molecular complexity index is 939. The minimum Gasteiger partial charge on any atom is -0.493 e. The maximum atomic E-state index is 12.5. The number of aromatic nitrogens is 3. The van der Waals surface area contributed by atoms with Crippen molar-refractivity contribution in [2.75, 3.05) is 32.0 Å². The molecule has 0 spiro atoms. The molecule has 0 aliphatic rings. The fraction of sp³-hybridized carbons (Fsp3) is 0.200. The molecule has 1 amide bonds. The Morgan fingerprint density at radius 1 is 1.00 bits per heavy atom. The van der Waals surface area contributed by atoms with Crippen LogP contribution in [0.3, 0.4) is 0 Å². The number of pyridine rings is 1. The van der Waals surface area contributed by atoms with Gasteiger partial charge in [-0.2, -0.15) is 0 Å². The molecule has 0 atom stereocenters. The van der Waals surface area contributed by atoms with Crippen LogP contribution >= 0.6 is 0 Å². The SMILES string of the molecule is COc1cc(NC(=O)c2ccc(NCc3cccnc3)nn2)cc(OC)c1OC. The first kappa shape index (κ1) is 19.9. The molecule has 1 aromatic carbocycles. The normalized spacial score (nSPS) is 10.2. The molecule has 2 aromatic heterocycles. The topological polar surface area (TPSA) is 107 Å². The molecule has 2 N–H and O–H groups in total. The van der Waals surface area contributed by atoms with Crippen LogP contribution in [0.1, 0.15) is 16.1 Å². The molecule has 2 heterocycles. The lowest BCUT2D eigenvalue weighted by molar-refractivity contribution is 0.102. The van der Waals surface area contributed by atoms with Crippen LogP contribution in [-0.4, -0.2) is 42.4 Å². The number of nitrogens with zero attached hydrogens (tertiary/aromatic N) is 3. The van der Waals surface area contributed by atoms with Gasteiger partial charge in [-0.05, 0) is 23.8 Å². The van der Waals surface area contributed by atoms with Gasteiger partial charge in [-0.15, -0.1) is 10.2 Å². The van der Waals surface area contributed by atoms with E-state index in [-0.39, 0.29) is 5.69 Å². The summed E-state index contributed by atoms with van der Waals surface area (Å²) in [6, 6.07) is 10.4. The number of hydrogen-bond acceptors (Lipinski definition) is 8. The van der Waals surface area contributed by atoms with Crippen molar-refractivity contribution in [2.45, 2.75) is 6.54 Å². The summed E-state index contributed by atoms with van der Waals surface area (Å²) < 4.78 is 15.9. The molecule has 150 valence electrons. The van der Waals surface area contributed by atoms with Crippen LogP contribution in [-0.2, 0) is 6.54 Å². The van der Waals surface area contributed by atoms with Crippen molar-refractivity contribution >= 4 is 17.4 Å². The van der Waals surface area contributed by atoms with Crippen molar-refractivity contribution in [2.24, 2.45) is 0 Å². The summed E-state index contributed by atoms with van der Waals surface area (Å²) in [4.78, 5) is 16.6. The molecule has 0 aliphatic heterocycles. The van der Waals surface area contributed by atoms with Crippen LogP contribution in [0.2, 0.25) is 0 Å². The van der Waals surface area contributed by atoms with E-state index >= 15 is 0 Å². The highest BCUT2D eigenvalue weighted by Gasteiger charge is 2.16. The van der Waals surface area contributed by atoms with Gasteiger partial charge in [0, 0.05) is 36.8 Å². The molecule has 3 rings (SSSR count). The number of anilines is 2. The van der Waals surface area contributed by atoms with Crippen molar-refractivity contribution < 1.29 is 19.0 Å². The molecule has 0 fully saturated rings. The van der Waals surface area contributed by atoms with E-state index in [1.807, 2.05) is 12.1 Å². The van der Waals surface area contributed by atoms with Gasteiger partial charge in [0.1, 0.15) is 5.82 Å². The van der Waals surface area contributed by atoms with E-state index in [1.165, 1.54) is 21.3 Å². The second kappa shape index (κ2) is 9.36. The third-order valence-electron chi connectivity index (χ3n) is 4.02. The lowest BCUT2D eigenvalue weighted by Crippen LogP contribution is -2.15. The molecule has 0 bridgehead atoms. The molecule has 0 aliphatic carbocycles. The fourth-order valence-corrected chi connectivity index (χ4v) is 2.59. The second-order valence-corrected chi connectivity index (χ2v) is 5.89. The van der Waals surface area contributed by atoms with Crippen molar-refractivity contribution in [3.05, 3.63) is 60.0 Å². The van der Waals surface area contributed by atoms with Gasteiger partial charge in [0.25, 0.3) is 5.91 Å². The van der Waals surface area contributed by atoms with E-state index in [2.05, 4.69) is 25.8 Å². The molecule has 0 saturated carbocycles. The summed E-state index contributed by atoms with van der Waals surface area (Å²) in [7, 11) is 4.52. The Hall–Kier alpha value is -3.88. The van der Waals surface area contributed by atoms with Gasteiger partial charge < -0.3 is 24.8 Å². The number of carbonyl (C=O) groups is 1. The molecule has 9 heteroatoms. The highest BCUT2D eigenvalue weighted by Crippen LogP contribution is 2.39. The number of benzene rings is 1. The van der Waals surface area contributed by atoms with Gasteiger partial charge >= 0.3 is 0 Å². The van der Waals surface area contributed by atoms with Crippen LogP contribution in [0.5, 0.6) is 17.2 Å². The molecule has 3 aromatic rings. The predicted molar refractivity (Wildman–Crippen MR) is 108 cm³/mol. The Morgan fingerprint density at radius 2 is 1.76 bits per heavy atom. The Labute approximate surface area is 168 Å². The zero-order chi connectivity index (χ0) is 20.6. The largest absolute Gasteiger partial charge is 0.493 e. The average Bonchev–Trinajstić information content (AvgIpc) is 2.77.